The van der Waals surface area contributed by atoms with Crippen LogP contribution < -0.4 is 5.32 Å². The first-order valence-corrected chi connectivity index (χ1v) is 10.2. The lowest BCUT2D eigenvalue weighted by Gasteiger charge is -2.42. The lowest BCUT2D eigenvalue weighted by molar-refractivity contribution is -0.269. The molecule has 1 aromatic carbocycles. The smallest absolute Gasteiger partial charge is 0.251 e. The van der Waals surface area contributed by atoms with E-state index in [-0.39, 0.29) is 0 Å². The van der Waals surface area contributed by atoms with Gasteiger partial charge in [-0.1, -0.05) is 57.2 Å². The molecule has 28 heavy (non-hydrogen) atoms. The van der Waals surface area contributed by atoms with Gasteiger partial charge in [-0.2, -0.15) is 0 Å². The average Bonchev–Trinajstić information content (AvgIpc) is 2.72. The summed E-state index contributed by atoms with van der Waals surface area (Å²) in [6.45, 7) is 2.13. The molecule has 0 unspecified atom stereocenters. The maximum absolute atomic E-state index is 12.5. The van der Waals surface area contributed by atoms with Crippen LogP contribution in [0.2, 0.25) is 0 Å². The highest BCUT2D eigenvalue weighted by molar-refractivity contribution is 5.94. The summed E-state index contributed by atoms with van der Waals surface area (Å²) in [5.41, 5.74) is 0.433. The minimum absolute atomic E-state index is 0.393. The number of amides is 1. The molecule has 0 saturated carbocycles. The van der Waals surface area contributed by atoms with Crippen molar-refractivity contribution in [1.82, 2.24) is 5.32 Å². The van der Waals surface area contributed by atoms with Crippen LogP contribution in [-0.4, -0.2) is 65.1 Å². The van der Waals surface area contributed by atoms with E-state index < -0.39 is 43.2 Å². The van der Waals surface area contributed by atoms with Gasteiger partial charge in [-0.15, -0.1) is 0 Å². The summed E-state index contributed by atoms with van der Waals surface area (Å²) >= 11 is 0. The van der Waals surface area contributed by atoms with Gasteiger partial charge < -0.3 is 30.1 Å². The molecule has 1 amide bonds. The highest BCUT2D eigenvalue weighted by atomic mass is 16.7. The minimum Gasteiger partial charge on any atom is -0.394 e. The lowest BCUT2D eigenvalue weighted by Crippen LogP contribution is -2.64. The average molecular weight is 395 g/mol. The second kappa shape index (κ2) is 12.1. The van der Waals surface area contributed by atoms with E-state index in [4.69, 9.17) is 9.47 Å². The summed E-state index contributed by atoms with van der Waals surface area (Å²) < 4.78 is 11.4. The number of carbonyl (C=O) groups is 1. The van der Waals surface area contributed by atoms with E-state index in [2.05, 4.69) is 12.2 Å². The van der Waals surface area contributed by atoms with E-state index in [0.717, 1.165) is 19.3 Å². The van der Waals surface area contributed by atoms with Crippen LogP contribution in [0.1, 0.15) is 55.8 Å². The number of hydrogen-bond acceptors (Lipinski definition) is 6. The third kappa shape index (κ3) is 6.53. The van der Waals surface area contributed by atoms with Gasteiger partial charge in [0.05, 0.1) is 6.61 Å². The Morgan fingerprint density at radius 3 is 2.43 bits per heavy atom. The number of carbonyl (C=O) groups excluding carboxylic acids is 1. The van der Waals surface area contributed by atoms with Crippen molar-refractivity contribution in [2.45, 2.75) is 76.1 Å². The molecule has 1 heterocycles. The fourth-order valence-corrected chi connectivity index (χ4v) is 3.28. The standard InChI is InChI=1S/C21H33NO6/c1-2-3-4-5-6-10-13-27-21-17(19(25)18(24)16(14-23)28-21)22-20(26)15-11-8-7-9-12-15/h7-9,11-12,16-19,21,23-25H,2-6,10,13-14H2,1H3,(H,22,26)/t16-,17-,18-,19-,21+/m1/s1. The van der Waals surface area contributed by atoms with Gasteiger partial charge in [-0.3, -0.25) is 4.79 Å². The molecule has 7 nitrogen and oxygen atoms in total. The number of nitrogens with one attached hydrogen (secondary N) is 1. The first-order chi connectivity index (χ1) is 13.6. The zero-order valence-corrected chi connectivity index (χ0v) is 16.5. The van der Waals surface area contributed by atoms with Crippen molar-refractivity contribution in [1.29, 1.82) is 0 Å². The Kier molecular flexibility index (Phi) is 9.87. The zero-order valence-electron chi connectivity index (χ0n) is 16.5. The van der Waals surface area contributed by atoms with Crippen LogP contribution in [0.25, 0.3) is 0 Å². The molecule has 1 saturated heterocycles. The quantitative estimate of drug-likeness (QED) is 0.424. The van der Waals surface area contributed by atoms with Crippen molar-refractivity contribution < 1.29 is 29.6 Å². The van der Waals surface area contributed by atoms with E-state index in [1.54, 1.807) is 30.3 Å². The van der Waals surface area contributed by atoms with Gasteiger partial charge in [0.1, 0.15) is 24.4 Å². The van der Waals surface area contributed by atoms with Crippen molar-refractivity contribution in [3.8, 4) is 0 Å². The molecule has 1 aromatic rings. The molecule has 5 atom stereocenters. The molecule has 1 aliphatic rings. The topological polar surface area (TPSA) is 108 Å². The fraction of sp³-hybridized carbons (Fsp3) is 0.667. The summed E-state index contributed by atoms with van der Waals surface area (Å²) in [7, 11) is 0. The van der Waals surface area contributed by atoms with E-state index in [1.165, 1.54) is 19.3 Å². The Morgan fingerprint density at radius 2 is 1.75 bits per heavy atom. The number of rotatable bonds is 11. The molecular weight excluding hydrogens is 362 g/mol. The number of unbranched alkanes of at least 4 members (excludes halogenated alkanes) is 5. The molecule has 1 fully saturated rings. The molecule has 0 aliphatic carbocycles. The summed E-state index contributed by atoms with van der Waals surface area (Å²) in [6.07, 6.45) is 2.08. The molecule has 0 spiro atoms. The van der Waals surface area contributed by atoms with Crippen molar-refractivity contribution in [2.75, 3.05) is 13.2 Å². The van der Waals surface area contributed by atoms with E-state index in [1.807, 2.05) is 0 Å². The molecule has 7 heteroatoms. The number of benzene rings is 1. The highest BCUT2D eigenvalue weighted by Gasteiger charge is 2.45. The first-order valence-electron chi connectivity index (χ1n) is 10.2. The zero-order chi connectivity index (χ0) is 20.4. The number of aliphatic hydroxyl groups is 3. The van der Waals surface area contributed by atoms with Crippen LogP contribution in [0.15, 0.2) is 30.3 Å². The van der Waals surface area contributed by atoms with Gasteiger partial charge in [-0.25, -0.2) is 0 Å². The maximum Gasteiger partial charge on any atom is 0.251 e. The van der Waals surface area contributed by atoms with E-state index in [0.29, 0.717) is 12.2 Å². The van der Waals surface area contributed by atoms with Gasteiger partial charge >= 0.3 is 0 Å². The van der Waals surface area contributed by atoms with E-state index >= 15 is 0 Å². The summed E-state index contributed by atoms with van der Waals surface area (Å²) in [4.78, 5) is 12.5. The fourth-order valence-electron chi connectivity index (χ4n) is 3.28. The van der Waals surface area contributed by atoms with Gasteiger partial charge in [0.2, 0.25) is 0 Å². The van der Waals surface area contributed by atoms with Crippen molar-refractivity contribution in [2.24, 2.45) is 0 Å². The second-order valence-electron chi connectivity index (χ2n) is 7.21. The minimum atomic E-state index is -1.32. The molecule has 4 N–H and O–H groups in total. The largest absolute Gasteiger partial charge is 0.394 e. The van der Waals surface area contributed by atoms with Crippen LogP contribution in [0, 0.1) is 0 Å². The van der Waals surface area contributed by atoms with Crippen LogP contribution in [-0.2, 0) is 9.47 Å². The summed E-state index contributed by atoms with van der Waals surface area (Å²) in [6, 6.07) is 7.66. The Hall–Kier alpha value is -1.51. The Bertz CT molecular complexity index is 569. The first kappa shape index (κ1) is 22.8. The number of hydrogen-bond donors (Lipinski definition) is 4. The third-order valence-corrected chi connectivity index (χ3v) is 4.99. The van der Waals surface area contributed by atoms with Gasteiger partial charge in [0.15, 0.2) is 6.29 Å². The maximum atomic E-state index is 12.5. The lowest BCUT2D eigenvalue weighted by atomic mass is 9.96. The normalized spacial score (nSPS) is 27.5. The molecule has 158 valence electrons. The van der Waals surface area contributed by atoms with Crippen LogP contribution in [0.3, 0.4) is 0 Å². The van der Waals surface area contributed by atoms with Crippen molar-refractivity contribution >= 4 is 5.91 Å². The van der Waals surface area contributed by atoms with Crippen LogP contribution >= 0.6 is 0 Å². The Balaban J connectivity index is 1.94. The van der Waals surface area contributed by atoms with E-state index in [9.17, 15) is 20.1 Å². The van der Waals surface area contributed by atoms with Gasteiger partial charge in [0, 0.05) is 12.2 Å². The monoisotopic (exact) mass is 395 g/mol. The van der Waals surface area contributed by atoms with Crippen molar-refractivity contribution in [3.63, 3.8) is 0 Å². The summed E-state index contributed by atoms with van der Waals surface area (Å²) in [5.74, 6) is -0.393. The molecule has 0 radical (unpaired) electrons. The predicted molar refractivity (Wildman–Crippen MR) is 105 cm³/mol. The molecule has 0 aromatic heterocycles. The van der Waals surface area contributed by atoms with Crippen LogP contribution in [0.5, 0.6) is 0 Å². The van der Waals surface area contributed by atoms with Crippen LogP contribution in [0.4, 0.5) is 0 Å². The summed E-state index contributed by atoms with van der Waals surface area (Å²) in [5, 5.41) is 32.7. The second-order valence-corrected chi connectivity index (χ2v) is 7.21. The van der Waals surface area contributed by atoms with Crippen molar-refractivity contribution in [3.05, 3.63) is 35.9 Å². The Labute approximate surface area is 166 Å². The van der Waals surface area contributed by atoms with Gasteiger partial charge in [-0.05, 0) is 18.6 Å². The Morgan fingerprint density at radius 1 is 1.07 bits per heavy atom. The highest BCUT2D eigenvalue weighted by Crippen LogP contribution is 2.23. The molecule has 0 bridgehead atoms. The molecular formula is C21H33NO6. The number of ether oxygens (including phenoxy) is 2. The molecule has 2 rings (SSSR count). The predicted octanol–water partition coefficient (Wildman–Crippen LogP) is 1.60. The SMILES string of the molecule is CCCCCCCCO[C@H]1O[C@H](CO)[C@@H](O)[C@H](O)[C@H]1NC(=O)c1ccccc1. The number of aliphatic hydroxyl groups excluding tert-OH is 3. The third-order valence-electron chi connectivity index (χ3n) is 4.99. The van der Waals surface area contributed by atoms with Gasteiger partial charge in [0.25, 0.3) is 5.91 Å². The molecule has 1 aliphatic heterocycles.